The third-order valence-electron chi connectivity index (χ3n) is 2.67. The van der Waals surface area contributed by atoms with Crippen molar-refractivity contribution in [2.75, 3.05) is 14.2 Å². The van der Waals surface area contributed by atoms with Gasteiger partial charge in [-0.1, -0.05) is 18.2 Å². The zero-order chi connectivity index (χ0) is 14.5. The minimum absolute atomic E-state index is 0.280. The van der Waals surface area contributed by atoms with Gasteiger partial charge in [0, 0.05) is 3.57 Å². The fraction of sp³-hybridized carbons (Fsp3) is 0.133. The van der Waals surface area contributed by atoms with Crippen molar-refractivity contribution in [3.63, 3.8) is 0 Å². The summed E-state index contributed by atoms with van der Waals surface area (Å²) in [6.45, 7) is 0. The summed E-state index contributed by atoms with van der Waals surface area (Å²) in [4.78, 5) is 12.2. The molecule has 0 spiro atoms. The van der Waals surface area contributed by atoms with Gasteiger partial charge in [-0.05, 0) is 46.9 Å². The number of ether oxygens (including phenoxy) is 3. The van der Waals surface area contributed by atoms with Crippen LogP contribution in [0.2, 0.25) is 0 Å². The third-order valence-corrected chi connectivity index (χ3v) is 3.61. The first-order valence-electron chi connectivity index (χ1n) is 5.85. The number of rotatable bonds is 4. The first-order valence-corrected chi connectivity index (χ1v) is 6.93. The maximum atomic E-state index is 12.2. The summed E-state index contributed by atoms with van der Waals surface area (Å²) in [6.07, 6.45) is 0. The SMILES string of the molecule is COc1cccc(OC)c1OC(=O)c1ccccc1I. The fourth-order valence-corrected chi connectivity index (χ4v) is 2.30. The number of methoxy groups -OCH3 is 2. The summed E-state index contributed by atoms with van der Waals surface area (Å²) in [5, 5.41) is 0. The van der Waals surface area contributed by atoms with Gasteiger partial charge >= 0.3 is 5.97 Å². The molecule has 0 fully saturated rings. The van der Waals surface area contributed by atoms with Crippen molar-refractivity contribution in [2.24, 2.45) is 0 Å². The van der Waals surface area contributed by atoms with Crippen molar-refractivity contribution in [2.45, 2.75) is 0 Å². The standard InChI is InChI=1S/C15H13IO4/c1-18-12-8-5-9-13(19-2)14(12)20-15(17)10-6-3-4-7-11(10)16/h3-9H,1-2H3. The van der Waals surface area contributed by atoms with E-state index in [1.807, 2.05) is 12.1 Å². The molecule has 0 aliphatic rings. The highest BCUT2D eigenvalue weighted by Gasteiger charge is 2.18. The van der Waals surface area contributed by atoms with Crippen LogP contribution in [0.5, 0.6) is 17.2 Å². The van der Waals surface area contributed by atoms with Gasteiger partial charge in [-0.3, -0.25) is 0 Å². The smallest absolute Gasteiger partial charge is 0.344 e. The molecule has 4 nitrogen and oxygen atoms in total. The molecule has 0 amide bonds. The van der Waals surface area contributed by atoms with Crippen LogP contribution in [0.15, 0.2) is 42.5 Å². The largest absolute Gasteiger partial charge is 0.493 e. The zero-order valence-electron chi connectivity index (χ0n) is 11.1. The van der Waals surface area contributed by atoms with Crippen molar-refractivity contribution in [3.05, 3.63) is 51.6 Å². The summed E-state index contributed by atoms with van der Waals surface area (Å²) in [6, 6.07) is 12.4. The van der Waals surface area contributed by atoms with Crippen LogP contribution in [0.4, 0.5) is 0 Å². The third kappa shape index (κ3) is 3.04. The van der Waals surface area contributed by atoms with E-state index in [9.17, 15) is 4.79 Å². The van der Waals surface area contributed by atoms with Crippen LogP contribution in [0, 0.1) is 3.57 Å². The molecule has 2 aromatic rings. The second-order valence-electron chi connectivity index (χ2n) is 3.86. The number of carbonyl (C=O) groups is 1. The Morgan fingerprint density at radius 2 is 1.55 bits per heavy atom. The lowest BCUT2D eigenvalue weighted by molar-refractivity contribution is 0.0723. The lowest BCUT2D eigenvalue weighted by atomic mass is 10.2. The van der Waals surface area contributed by atoms with Crippen LogP contribution in [0.3, 0.4) is 0 Å². The average molecular weight is 384 g/mol. The minimum atomic E-state index is -0.446. The van der Waals surface area contributed by atoms with Gasteiger partial charge in [0.1, 0.15) is 0 Å². The number of hydrogen-bond acceptors (Lipinski definition) is 4. The average Bonchev–Trinajstić information content (AvgIpc) is 2.47. The summed E-state index contributed by atoms with van der Waals surface area (Å²) in [5.41, 5.74) is 0.501. The summed E-state index contributed by atoms with van der Waals surface area (Å²) in [5.74, 6) is 0.729. The highest BCUT2D eigenvalue weighted by Crippen LogP contribution is 2.37. The number of hydrogen-bond donors (Lipinski definition) is 0. The fourth-order valence-electron chi connectivity index (χ4n) is 1.69. The van der Waals surface area contributed by atoms with E-state index >= 15 is 0 Å². The lowest BCUT2D eigenvalue weighted by Crippen LogP contribution is -2.11. The first-order chi connectivity index (χ1) is 9.67. The number of halogens is 1. The molecule has 0 aromatic heterocycles. The Kier molecular flexibility index (Phi) is 4.84. The molecular weight excluding hydrogens is 371 g/mol. The maximum absolute atomic E-state index is 12.2. The van der Waals surface area contributed by atoms with Gasteiger partial charge in [0.15, 0.2) is 11.5 Å². The number of para-hydroxylation sites is 1. The molecule has 2 aromatic carbocycles. The lowest BCUT2D eigenvalue weighted by Gasteiger charge is -2.13. The Bertz CT molecular complexity index is 603. The van der Waals surface area contributed by atoms with Gasteiger partial charge in [0.2, 0.25) is 5.75 Å². The Morgan fingerprint density at radius 3 is 2.10 bits per heavy atom. The second-order valence-corrected chi connectivity index (χ2v) is 5.02. The number of esters is 1. The molecule has 20 heavy (non-hydrogen) atoms. The van der Waals surface area contributed by atoms with E-state index in [1.54, 1.807) is 30.3 Å². The molecule has 0 heterocycles. The molecule has 5 heteroatoms. The Morgan fingerprint density at radius 1 is 0.950 bits per heavy atom. The Hall–Kier alpha value is -1.76. The number of benzene rings is 2. The summed E-state index contributed by atoms with van der Waals surface area (Å²) >= 11 is 2.09. The molecule has 0 saturated carbocycles. The van der Waals surface area contributed by atoms with Gasteiger partial charge in [-0.15, -0.1) is 0 Å². The summed E-state index contributed by atoms with van der Waals surface area (Å²) < 4.78 is 16.6. The Labute approximate surface area is 130 Å². The topological polar surface area (TPSA) is 44.8 Å². The van der Waals surface area contributed by atoms with Gasteiger partial charge in [-0.2, -0.15) is 0 Å². The van der Waals surface area contributed by atoms with Gasteiger partial charge in [0.25, 0.3) is 0 Å². The van der Waals surface area contributed by atoms with Gasteiger partial charge in [-0.25, -0.2) is 4.79 Å². The quantitative estimate of drug-likeness (QED) is 0.460. The van der Waals surface area contributed by atoms with Crippen LogP contribution < -0.4 is 14.2 Å². The van der Waals surface area contributed by atoms with Crippen LogP contribution in [-0.4, -0.2) is 20.2 Å². The highest BCUT2D eigenvalue weighted by molar-refractivity contribution is 14.1. The molecule has 2 rings (SSSR count). The maximum Gasteiger partial charge on any atom is 0.344 e. The molecule has 0 unspecified atom stereocenters. The Balaban J connectivity index is 2.35. The normalized spacial score (nSPS) is 9.95. The molecule has 0 atom stereocenters. The van der Waals surface area contributed by atoms with Crippen LogP contribution in [-0.2, 0) is 0 Å². The predicted molar refractivity (Wildman–Crippen MR) is 83.7 cm³/mol. The van der Waals surface area contributed by atoms with E-state index in [-0.39, 0.29) is 5.75 Å². The van der Waals surface area contributed by atoms with E-state index < -0.39 is 5.97 Å². The van der Waals surface area contributed by atoms with E-state index in [0.29, 0.717) is 17.1 Å². The van der Waals surface area contributed by atoms with E-state index in [1.165, 1.54) is 14.2 Å². The highest BCUT2D eigenvalue weighted by atomic mass is 127. The minimum Gasteiger partial charge on any atom is -0.493 e. The number of carbonyl (C=O) groups excluding carboxylic acids is 1. The monoisotopic (exact) mass is 384 g/mol. The molecular formula is C15H13IO4. The van der Waals surface area contributed by atoms with Gasteiger partial charge < -0.3 is 14.2 Å². The van der Waals surface area contributed by atoms with E-state index in [4.69, 9.17) is 14.2 Å². The van der Waals surface area contributed by atoms with Crippen molar-refractivity contribution in [1.29, 1.82) is 0 Å². The van der Waals surface area contributed by atoms with E-state index in [2.05, 4.69) is 22.6 Å². The van der Waals surface area contributed by atoms with Gasteiger partial charge in [0.05, 0.1) is 19.8 Å². The summed E-state index contributed by atoms with van der Waals surface area (Å²) in [7, 11) is 3.02. The molecule has 0 radical (unpaired) electrons. The molecule has 0 aliphatic heterocycles. The van der Waals surface area contributed by atoms with Crippen LogP contribution in [0.1, 0.15) is 10.4 Å². The van der Waals surface area contributed by atoms with Crippen LogP contribution in [0.25, 0.3) is 0 Å². The van der Waals surface area contributed by atoms with Crippen molar-refractivity contribution >= 4 is 28.6 Å². The zero-order valence-corrected chi connectivity index (χ0v) is 13.2. The predicted octanol–water partition coefficient (Wildman–Crippen LogP) is 3.53. The second kappa shape index (κ2) is 6.60. The first kappa shape index (κ1) is 14.6. The van der Waals surface area contributed by atoms with Crippen molar-refractivity contribution in [1.82, 2.24) is 0 Å². The molecule has 0 bridgehead atoms. The molecule has 0 aliphatic carbocycles. The molecule has 0 N–H and O–H groups in total. The van der Waals surface area contributed by atoms with Crippen molar-refractivity contribution < 1.29 is 19.0 Å². The molecule has 0 saturated heterocycles. The van der Waals surface area contributed by atoms with Crippen LogP contribution >= 0.6 is 22.6 Å². The van der Waals surface area contributed by atoms with Crippen molar-refractivity contribution in [3.8, 4) is 17.2 Å². The van der Waals surface area contributed by atoms with E-state index in [0.717, 1.165) is 3.57 Å². The molecule has 104 valence electrons.